The summed E-state index contributed by atoms with van der Waals surface area (Å²) in [6.45, 7) is -0.750. The predicted octanol–water partition coefficient (Wildman–Crippen LogP) is 1.23. The van der Waals surface area contributed by atoms with E-state index in [0.29, 0.717) is 4.90 Å². The Balaban J connectivity index is 3.31. The van der Waals surface area contributed by atoms with Gasteiger partial charge in [-0.1, -0.05) is 6.58 Å². The van der Waals surface area contributed by atoms with Gasteiger partial charge in [-0.15, -0.1) is 0 Å². The average Bonchev–Trinajstić information content (AvgIpc) is 2.64. The highest BCUT2D eigenvalue weighted by Crippen LogP contribution is 2.42. The molecule has 1 unspecified atom stereocenters. The first-order valence-corrected chi connectivity index (χ1v) is 9.75. The molecule has 1 saturated heterocycles. The van der Waals surface area contributed by atoms with Crippen LogP contribution in [0.4, 0.5) is 35.1 Å². The van der Waals surface area contributed by atoms with Crippen LogP contribution in [0.1, 0.15) is 6.42 Å². The van der Waals surface area contributed by atoms with Crippen molar-refractivity contribution in [2.24, 2.45) is 0 Å². The summed E-state index contributed by atoms with van der Waals surface area (Å²) in [6, 6.07) is 0. The molecule has 1 atom stereocenters. The van der Waals surface area contributed by atoms with E-state index in [1.54, 1.807) is 0 Å². The maximum Gasteiger partial charge on any atom is 0.466 e. The Bertz CT molecular complexity index is 843. The Labute approximate surface area is 175 Å². The van der Waals surface area contributed by atoms with Crippen molar-refractivity contribution in [2.45, 2.75) is 29.6 Å². The molecule has 1 aliphatic heterocycles. The number of hydrogen-bond acceptors (Lipinski definition) is 7. The summed E-state index contributed by atoms with van der Waals surface area (Å²) in [5.74, 6) is -17.2. The van der Waals surface area contributed by atoms with Crippen LogP contribution >= 0.6 is 0 Å². The molecule has 0 aromatic carbocycles. The summed E-state index contributed by atoms with van der Waals surface area (Å²) < 4.78 is 145. The molecular formula is C14H16F8N2O7S. The van der Waals surface area contributed by atoms with Crippen molar-refractivity contribution in [3.8, 4) is 0 Å². The van der Waals surface area contributed by atoms with Crippen molar-refractivity contribution in [1.29, 1.82) is 0 Å². The van der Waals surface area contributed by atoms with Gasteiger partial charge < -0.3 is 19.7 Å². The van der Waals surface area contributed by atoms with Gasteiger partial charge in [0.1, 0.15) is 0 Å². The number of nitrogens with zero attached hydrogens (tertiary/aromatic N) is 1. The molecule has 0 spiro atoms. The maximum atomic E-state index is 13.8. The maximum absolute atomic E-state index is 13.8. The Kier molecular flexibility index (Phi) is 8.25. The number of carbonyl (C=O) groups is 2. The molecule has 0 radical (unpaired) electrons. The van der Waals surface area contributed by atoms with E-state index >= 15 is 0 Å². The van der Waals surface area contributed by atoms with Crippen LogP contribution in [0.2, 0.25) is 0 Å². The van der Waals surface area contributed by atoms with E-state index < -0.39 is 77.1 Å². The lowest BCUT2D eigenvalue weighted by atomic mass is 10.2. The predicted molar refractivity (Wildman–Crippen MR) is 86.6 cm³/mol. The molecule has 0 aromatic heterocycles. The van der Waals surface area contributed by atoms with Gasteiger partial charge in [-0.2, -0.15) is 43.5 Å². The average molecular weight is 508 g/mol. The van der Waals surface area contributed by atoms with E-state index in [9.17, 15) is 53.1 Å². The van der Waals surface area contributed by atoms with Gasteiger partial charge in [0, 0.05) is 32.6 Å². The minimum Gasteiger partial charge on any atom is -0.410 e. The third-order valence-corrected chi connectivity index (χ3v) is 4.93. The molecule has 1 fully saturated rings. The van der Waals surface area contributed by atoms with Crippen molar-refractivity contribution in [3.63, 3.8) is 0 Å². The van der Waals surface area contributed by atoms with E-state index in [4.69, 9.17) is 4.55 Å². The van der Waals surface area contributed by atoms with E-state index in [-0.39, 0.29) is 13.1 Å². The van der Waals surface area contributed by atoms with Crippen LogP contribution in [-0.2, 0) is 29.2 Å². The second-order valence-electron chi connectivity index (χ2n) is 6.25. The summed E-state index contributed by atoms with van der Waals surface area (Å²) in [4.78, 5) is 24.3. The highest BCUT2D eigenvalue weighted by molar-refractivity contribution is 7.87. The highest BCUT2D eigenvalue weighted by Gasteiger charge is 2.69. The first kappa shape index (κ1) is 28.0. The molecule has 0 bridgehead atoms. The van der Waals surface area contributed by atoms with Crippen LogP contribution in [0.5, 0.6) is 0 Å². The summed E-state index contributed by atoms with van der Waals surface area (Å²) in [6.07, 6.45) is -8.54. The number of hydrogen-bond donors (Lipinski definition) is 2. The fourth-order valence-corrected chi connectivity index (χ4v) is 2.79. The minimum absolute atomic E-state index is 0.0535. The van der Waals surface area contributed by atoms with Crippen molar-refractivity contribution < 1.29 is 67.2 Å². The number of piperazine rings is 1. The second kappa shape index (κ2) is 9.44. The number of carbonyl (C=O) groups excluding carboxylic acids is 2. The van der Waals surface area contributed by atoms with Crippen molar-refractivity contribution >= 4 is 22.0 Å². The number of rotatable bonds is 9. The molecule has 2 N–H and O–H groups in total. The zero-order valence-corrected chi connectivity index (χ0v) is 16.5. The normalized spacial score (nSPS) is 18.1. The zero-order valence-electron chi connectivity index (χ0n) is 15.7. The van der Waals surface area contributed by atoms with Gasteiger partial charge in [-0.25, -0.2) is 4.79 Å². The third kappa shape index (κ3) is 5.65. The molecule has 1 heterocycles. The minimum atomic E-state index is -6.71. The number of esters is 1. The topological polar surface area (TPSA) is 122 Å². The smallest absolute Gasteiger partial charge is 0.410 e. The Morgan fingerprint density at radius 1 is 1.06 bits per heavy atom. The van der Waals surface area contributed by atoms with Crippen molar-refractivity contribution in [1.82, 2.24) is 10.2 Å². The highest BCUT2D eigenvalue weighted by atomic mass is 32.2. The van der Waals surface area contributed by atoms with Gasteiger partial charge >= 0.3 is 45.1 Å². The SMILES string of the molecule is C=C(F)C(=O)OC(OCCC(F)(F)C(F)(F)S(=O)(=O)O)(C(=O)N1CCNCC1)C(F)(F)F. The molecule has 0 aliphatic carbocycles. The first-order valence-electron chi connectivity index (χ1n) is 8.31. The Morgan fingerprint density at radius 3 is 1.97 bits per heavy atom. The summed E-state index contributed by atoms with van der Waals surface area (Å²) in [5.41, 5.74) is 0. The molecular weight excluding hydrogens is 492 g/mol. The third-order valence-electron chi connectivity index (χ3n) is 3.99. The number of amides is 1. The fourth-order valence-electron chi connectivity index (χ4n) is 2.31. The van der Waals surface area contributed by atoms with Crippen LogP contribution in [0, 0.1) is 0 Å². The summed E-state index contributed by atoms with van der Waals surface area (Å²) >= 11 is 0. The van der Waals surface area contributed by atoms with Crippen LogP contribution in [0.25, 0.3) is 0 Å². The Hall–Kier alpha value is -2.05. The van der Waals surface area contributed by atoms with Gasteiger partial charge in [0.2, 0.25) is 5.83 Å². The van der Waals surface area contributed by atoms with Gasteiger partial charge in [0.15, 0.2) is 0 Å². The number of ether oxygens (including phenoxy) is 2. The van der Waals surface area contributed by atoms with Gasteiger partial charge in [-0.05, 0) is 0 Å². The fraction of sp³-hybridized carbons (Fsp3) is 0.714. The van der Waals surface area contributed by atoms with Crippen molar-refractivity contribution in [2.75, 3.05) is 32.8 Å². The summed E-state index contributed by atoms with van der Waals surface area (Å²) in [5, 5.41) is -3.49. The molecule has 1 amide bonds. The van der Waals surface area contributed by atoms with Crippen LogP contribution in [0.15, 0.2) is 12.4 Å². The first-order chi connectivity index (χ1) is 14.3. The molecule has 1 rings (SSSR count). The molecule has 9 nitrogen and oxygen atoms in total. The monoisotopic (exact) mass is 508 g/mol. The summed E-state index contributed by atoms with van der Waals surface area (Å²) in [7, 11) is -6.71. The molecule has 18 heteroatoms. The van der Waals surface area contributed by atoms with Gasteiger partial charge in [0.05, 0.1) is 6.61 Å². The van der Waals surface area contributed by atoms with E-state index in [2.05, 4.69) is 21.4 Å². The molecule has 0 aromatic rings. The second-order valence-corrected chi connectivity index (χ2v) is 7.71. The molecule has 1 aliphatic rings. The lowest BCUT2D eigenvalue weighted by Crippen LogP contribution is -2.64. The van der Waals surface area contributed by atoms with Gasteiger partial charge in [0.25, 0.3) is 0 Å². The van der Waals surface area contributed by atoms with E-state index in [0.717, 1.165) is 0 Å². The zero-order chi connectivity index (χ0) is 25.2. The largest absolute Gasteiger partial charge is 0.466 e. The van der Waals surface area contributed by atoms with E-state index in [1.807, 2.05) is 0 Å². The molecule has 32 heavy (non-hydrogen) atoms. The number of halogens is 8. The lowest BCUT2D eigenvalue weighted by Gasteiger charge is -2.38. The van der Waals surface area contributed by atoms with Crippen LogP contribution < -0.4 is 5.32 Å². The quantitative estimate of drug-likeness (QED) is 0.157. The Morgan fingerprint density at radius 2 is 1.56 bits per heavy atom. The lowest BCUT2D eigenvalue weighted by molar-refractivity contribution is -0.353. The molecule has 186 valence electrons. The van der Waals surface area contributed by atoms with Crippen molar-refractivity contribution in [3.05, 3.63) is 12.4 Å². The van der Waals surface area contributed by atoms with Crippen LogP contribution in [0.3, 0.4) is 0 Å². The molecule has 0 saturated carbocycles. The van der Waals surface area contributed by atoms with Gasteiger partial charge in [-0.3, -0.25) is 9.35 Å². The standard InChI is InChI=1S/C14H16F8N2O7S/c1-8(15)9(25)31-12(13(18,19)20,10(26)24-5-3-23-4-6-24)30-7-2-11(16,17)14(21,22)32(27,28)29/h23H,1-7H2,(H,27,28,29). The number of alkyl halides is 7. The van der Waals surface area contributed by atoms with E-state index in [1.165, 1.54) is 0 Å². The number of nitrogens with one attached hydrogen (secondary N) is 1. The van der Waals surface area contributed by atoms with Crippen LogP contribution in [-0.4, -0.2) is 85.7 Å².